The predicted octanol–water partition coefficient (Wildman–Crippen LogP) is 4.02. The van der Waals surface area contributed by atoms with E-state index in [1.54, 1.807) is 7.11 Å². The summed E-state index contributed by atoms with van der Waals surface area (Å²) in [5.41, 5.74) is 1.02. The number of ether oxygens (including phenoxy) is 1. The highest BCUT2D eigenvalue weighted by Crippen LogP contribution is 2.24. The third-order valence-corrected chi connectivity index (χ3v) is 2.09. The molecule has 76 valence electrons. The summed E-state index contributed by atoms with van der Waals surface area (Å²) < 4.78 is 5.22. The van der Waals surface area contributed by atoms with E-state index in [0.29, 0.717) is 5.92 Å². The first kappa shape index (κ1) is 11.1. The fourth-order valence-corrected chi connectivity index (χ4v) is 1.31. The van der Waals surface area contributed by atoms with Crippen LogP contribution in [0.3, 0.4) is 0 Å². The van der Waals surface area contributed by atoms with Gasteiger partial charge in [0.1, 0.15) is 5.75 Å². The van der Waals surface area contributed by atoms with Gasteiger partial charge in [-0.25, -0.2) is 0 Å². The number of methoxy groups -OCH3 is 1. The number of allylic oxidation sites excluding steroid dienone is 1. The van der Waals surface area contributed by atoms with Gasteiger partial charge in [0.2, 0.25) is 0 Å². The zero-order valence-corrected chi connectivity index (χ0v) is 9.51. The normalized spacial score (nSPS) is 11.2. The molecule has 1 rings (SSSR count). The zero-order chi connectivity index (χ0) is 10.6. The molecule has 1 aromatic rings. The first-order valence-electron chi connectivity index (χ1n) is 4.65. The van der Waals surface area contributed by atoms with E-state index in [0.717, 1.165) is 16.3 Å². The Balaban J connectivity index is 2.99. The Hall–Kier alpha value is -0.950. The summed E-state index contributed by atoms with van der Waals surface area (Å²) in [6.45, 7) is 4.26. The molecule has 0 radical (unpaired) electrons. The van der Waals surface area contributed by atoms with Crippen LogP contribution in [0, 0.1) is 5.92 Å². The smallest absolute Gasteiger partial charge is 0.126 e. The number of rotatable bonds is 3. The van der Waals surface area contributed by atoms with Gasteiger partial charge >= 0.3 is 0 Å². The summed E-state index contributed by atoms with van der Waals surface area (Å²) in [4.78, 5) is 0. The SMILES string of the molecule is COc1ccc(Cl)cc1/C=C/C(C)C. The predicted molar refractivity (Wildman–Crippen MR) is 61.9 cm³/mol. The topological polar surface area (TPSA) is 9.23 Å². The zero-order valence-electron chi connectivity index (χ0n) is 8.75. The lowest BCUT2D eigenvalue weighted by Crippen LogP contribution is -1.87. The van der Waals surface area contributed by atoms with Crippen molar-refractivity contribution in [2.45, 2.75) is 13.8 Å². The van der Waals surface area contributed by atoms with Gasteiger partial charge in [0.05, 0.1) is 7.11 Å². The number of benzene rings is 1. The lowest BCUT2D eigenvalue weighted by Gasteiger charge is -2.05. The Morgan fingerprint density at radius 2 is 2.07 bits per heavy atom. The maximum Gasteiger partial charge on any atom is 0.126 e. The molecule has 14 heavy (non-hydrogen) atoms. The van der Waals surface area contributed by atoms with Gasteiger partial charge in [0, 0.05) is 10.6 Å². The molecule has 0 bridgehead atoms. The molecule has 1 aromatic carbocycles. The van der Waals surface area contributed by atoms with Gasteiger partial charge in [-0.1, -0.05) is 37.6 Å². The lowest BCUT2D eigenvalue weighted by molar-refractivity contribution is 0.414. The molecule has 0 saturated carbocycles. The van der Waals surface area contributed by atoms with Crippen molar-refractivity contribution in [1.82, 2.24) is 0 Å². The standard InChI is InChI=1S/C12H15ClO/c1-9(2)4-5-10-8-11(13)6-7-12(10)14-3/h4-9H,1-3H3/b5-4+. The molecule has 0 atom stereocenters. The van der Waals surface area contributed by atoms with Crippen molar-refractivity contribution < 1.29 is 4.74 Å². The van der Waals surface area contributed by atoms with Crippen molar-refractivity contribution in [3.8, 4) is 5.75 Å². The number of hydrogen-bond donors (Lipinski definition) is 0. The highest BCUT2D eigenvalue weighted by atomic mass is 35.5. The van der Waals surface area contributed by atoms with Crippen molar-refractivity contribution in [3.63, 3.8) is 0 Å². The molecule has 0 aliphatic carbocycles. The van der Waals surface area contributed by atoms with Crippen molar-refractivity contribution in [2.24, 2.45) is 5.92 Å². The molecule has 0 amide bonds. The Kier molecular flexibility index (Phi) is 4.02. The summed E-state index contributed by atoms with van der Waals surface area (Å²) in [6, 6.07) is 5.61. The van der Waals surface area contributed by atoms with Crippen molar-refractivity contribution >= 4 is 17.7 Å². The van der Waals surface area contributed by atoms with Crippen molar-refractivity contribution in [2.75, 3.05) is 7.11 Å². The molecule has 0 N–H and O–H groups in total. The van der Waals surface area contributed by atoms with E-state index in [9.17, 15) is 0 Å². The van der Waals surface area contributed by atoms with E-state index in [4.69, 9.17) is 16.3 Å². The molecule has 1 nitrogen and oxygen atoms in total. The Morgan fingerprint density at radius 3 is 2.64 bits per heavy atom. The van der Waals surface area contributed by atoms with Gasteiger partial charge < -0.3 is 4.74 Å². The van der Waals surface area contributed by atoms with E-state index >= 15 is 0 Å². The highest BCUT2D eigenvalue weighted by molar-refractivity contribution is 6.30. The van der Waals surface area contributed by atoms with E-state index in [1.165, 1.54) is 0 Å². The first-order chi connectivity index (χ1) is 6.63. The van der Waals surface area contributed by atoms with Crippen LogP contribution in [0.2, 0.25) is 5.02 Å². The van der Waals surface area contributed by atoms with Crippen LogP contribution in [0.25, 0.3) is 6.08 Å². The molecule has 0 unspecified atom stereocenters. The monoisotopic (exact) mass is 210 g/mol. The second-order valence-corrected chi connectivity index (χ2v) is 3.93. The fraction of sp³-hybridized carbons (Fsp3) is 0.333. The van der Waals surface area contributed by atoms with Crippen LogP contribution in [0.15, 0.2) is 24.3 Å². The molecule has 0 saturated heterocycles. The second-order valence-electron chi connectivity index (χ2n) is 3.49. The van der Waals surface area contributed by atoms with Crippen molar-refractivity contribution in [1.29, 1.82) is 0 Å². The van der Waals surface area contributed by atoms with Crippen molar-refractivity contribution in [3.05, 3.63) is 34.9 Å². The van der Waals surface area contributed by atoms with Gasteiger partial charge in [-0.05, 0) is 24.1 Å². The lowest BCUT2D eigenvalue weighted by atomic mass is 10.1. The Morgan fingerprint density at radius 1 is 1.36 bits per heavy atom. The first-order valence-corrected chi connectivity index (χ1v) is 5.03. The van der Waals surface area contributed by atoms with E-state index in [2.05, 4.69) is 19.9 Å². The van der Waals surface area contributed by atoms with E-state index in [1.807, 2.05) is 24.3 Å². The van der Waals surface area contributed by atoms with Crippen LogP contribution in [0.5, 0.6) is 5.75 Å². The highest BCUT2D eigenvalue weighted by Gasteiger charge is 1.99. The Bertz CT molecular complexity index is 329. The Labute approximate surface area is 90.3 Å². The van der Waals surface area contributed by atoms with Crippen LogP contribution in [-0.2, 0) is 0 Å². The second kappa shape index (κ2) is 5.06. The molecule has 0 spiro atoms. The van der Waals surface area contributed by atoms with Gasteiger partial charge in [-0.15, -0.1) is 0 Å². The largest absolute Gasteiger partial charge is 0.496 e. The minimum absolute atomic E-state index is 0.527. The average Bonchev–Trinajstić information content (AvgIpc) is 2.15. The van der Waals surface area contributed by atoms with Gasteiger partial charge in [0.25, 0.3) is 0 Å². The minimum atomic E-state index is 0.527. The summed E-state index contributed by atoms with van der Waals surface area (Å²) in [5.74, 6) is 1.38. The maximum absolute atomic E-state index is 5.90. The van der Waals surface area contributed by atoms with Gasteiger partial charge in [-0.2, -0.15) is 0 Å². The number of hydrogen-bond acceptors (Lipinski definition) is 1. The molecule has 0 fully saturated rings. The molecular formula is C12H15ClO. The van der Waals surface area contributed by atoms with Crippen LogP contribution >= 0.6 is 11.6 Å². The van der Waals surface area contributed by atoms with Gasteiger partial charge in [0.15, 0.2) is 0 Å². The molecule has 0 aliphatic rings. The third-order valence-electron chi connectivity index (χ3n) is 1.85. The maximum atomic E-state index is 5.90. The third kappa shape index (κ3) is 3.08. The van der Waals surface area contributed by atoms with Crippen LogP contribution in [0.1, 0.15) is 19.4 Å². The molecule has 0 heterocycles. The fourth-order valence-electron chi connectivity index (χ4n) is 1.13. The average molecular weight is 211 g/mol. The van der Waals surface area contributed by atoms with Crippen LogP contribution < -0.4 is 4.74 Å². The minimum Gasteiger partial charge on any atom is -0.496 e. The summed E-state index contributed by atoms with van der Waals surface area (Å²) in [6.07, 6.45) is 4.16. The van der Waals surface area contributed by atoms with E-state index in [-0.39, 0.29) is 0 Å². The molecule has 0 aromatic heterocycles. The van der Waals surface area contributed by atoms with E-state index < -0.39 is 0 Å². The van der Waals surface area contributed by atoms with Gasteiger partial charge in [-0.3, -0.25) is 0 Å². The summed E-state index contributed by atoms with van der Waals surface area (Å²) in [5, 5.41) is 0.731. The summed E-state index contributed by atoms with van der Waals surface area (Å²) >= 11 is 5.90. The molecule has 0 aliphatic heterocycles. The summed E-state index contributed by atoms with van der Waals surface area (Å²) in [7, 11) is 1.66. The molecular weight excluding hydrogens is 196 g/mol. The number of halogens is 1. The van der Waals surface area contributed by atoms with Crippen LogP contribution in [-0.4, -0.2) is 7.11 Å². The quantitative estimate of drug-likeness (QED) is 0.732. The van der Waals surface area contributed by atoms with Crippen LogP contribution in [0.4, 0.5) is 0 Å². The molecule has 2 heteroatoms.